The second-order valence-corrected chi connectivity index (χ2v) is 5.51. The van der Waals surface area contributed by atoms with Crippen LogP contribution in [-0.2, 0) is 10.9 Å². The van der Waals surface area contributed by atoms with Crippen LogP contribution in [0.4, 0.5) is 18.0 Å². The molecule has 0 spiro atoms. The summed E-state index contributed by atoms with van der Waals surface area (Å²) < 4.78 is 48.8. The van der Waals surface area contributed by atoms with Crippen LogP contribution in [0.3, 0.4) is 0 Å². The Kier molecular flexibility index (Phi) is 6.30. The Morgan fingerprint density at radius 2 is 2.08 bits per heavy atom. The first kappa shape index (κ1) is 18.4. The Morgan fingerprint density at radius 3 is 2.71 bits per heavy atom. The van der Waals surface area contributed by atoms with E-state index in [1.165, 1.54) is 12.1 Å². The predicted octanol–water partition coefficient (Wildman–Crippen LogP) is 2.90. The topological polar surface area (TPSA) is 50.8 Å². The van der Waals surface area contributed by atoms with Crippen molar-refractivity contribution in [1.82, 2.24) is 10.2 Å². The molecule has 1 aliphatic heterocycles. The van der Waals surface area contributed by atoms with Gasteiger partial charge in [0.15, 0.2) is 0 Å². The molecule has 0 aliphatic carbocycles. The van der Waals surface area contributed by atoms with Crippen LogP contribution in [0.5, 0.6) is 5.75 Å². The van der Waals surface area contributed by atoms with E-state index in [0.29, 0.717) is 32.0 Å². The minimum atomic E-state index is -4.38. The predicted molar refractivity (Wildman–Crippen MR) is 81.9 cm³/mol. The van der Waals surface area contributed by atoms with Crippen molar-refractivity contribution in [2.75, 3.05) is 32.8 Å². The first-order valence-corrected chi connectivity index (χ1v) is 7.84. The highest BCUT2D eigenvalue weighted by atomic mass is 19.4. The van der Waals surface area contributed by atoms with Gasteiger partial charge >= 0.3 is 12.2 Å². The van der Waals surface area contributed by atoms with E-state index < -0.39 is 17.8 Å². The zero-order valence-corrected chi connectivity index (χ0v) is 13.4. The van der Waals surface area contributed by atoms with E-state index >= 15 is 0 Å². The first-order valence-electron chi connectivity index (χ1n) is 7.84. The van der Waals surface area contributed by atoms with Crippen molar-refractivity contribution in [2.24, 2.45) is 0 Å². The number of alkyl halides is 3. The third kappa shape index (κ3) is 5.30. The highest BCUT2D eigenvalue weighted by Gasteiger charge is 2.30. The molecule has 1 N–H and O–H groups in total. The molecule has 2 amide bonds. The first-order chi connectivity index (χ1) is 11.4. The fourth-order valence-corrected chi connectivity index (χ4v) is 2.29. The molecule has 0 aromatic heterocycles. The number of halogens is 3. The lowest BCUT2D eigenvalue weighted by Crippen LogP contribution is -2.45. The maximum Gasteiger partial charge on any atom is 0.416 e. The molecule has 2 rings (SSSR count). The van der Waals surface area contributed by atoms with Gasteiger partial charge in [0.25, 0.3) is 0 Å². The molecule has 1 unspecified atom stereocenters. The van der Waals surface area contributed by atoms with Crippen LogP contribution in [-0.4, -0.2) is 49.9 Å². The van der Waals surface area contributed by atoms with Gasteiger partial charge in [0, 0.05) is 13.1 Å². The SMILES string of the molecule is CCCNC(=O)N1CCOCC(Oc2ccc(C(F)(F)F)cc2)C1. The smallest absolute Gasteiger partial charge is 0.416 e. The van der Waals surface area contributed by atoms with Crippen LogP contribution >= 0.6 is 0 Å². The van der Waals surface area contributed by atoms with Crippen molar-refractivity contribution in [2.45, 2.75) is 25.6 Å². The largest absolute Gasteiger partial charge is 0.486 e. The fraction of sp³-hybridized carbons (Fsp3) is 0.562. The molecular formula is C16H21F3N2O3. The number of ether oxygens (including phenoxy) is 2. The number of carbonyl (C=O) groups is 1. The lowest BCUT2D eigenvalue weighted by Gasteiger charge is -2.24. The molecule has 1 fully saturated rings. The summed E-state index contributed by atoms with van der Waals surface area (Å²) >= 11 is 0. The van der Waals surface area contributed by atoms with Crippen molar-refractivity contribution in [3.63, 3.8) is 0 Å². The van der Waals surface area contributed by atoms with Crippen molar-refractivity contribution in [1.29, 1.82) is 0 Å². The molecule has 8 heteroatoms. The summed E-state index contributed by atoms with van der Waals surface area (Å²) in [4.78, 5) is 13.6. The molecule has 24 heavy (non-hydrogen) atoms. The Hall–Kier alpha value is -1.96. The second kappa shape index (κ2) is 8.23. The molecule has 1 aromatic carbocycles. The van der Waals surface area contributed by atoms with Crippen LogP contribution < -0.4 is 10.1 Å². The quantitative estimate of drug-likeness (QED) is 0.912. The van der Waals surface area contributed by atoms with E-state index in [2.05, 4.69) is 5.32 Å². The lowest BCUT2D eigenvalue weighted by molar-refractivity contribution is -0.137. The molecule has 134 valence electrons. The summed E-state index contributed by atoms with van der Waals surface area (Å²) in [7, 11) is 0. The number of urea groups is 1. The lowest BCUT2D eigenvalue weighted by atomic mass is 10.2. The molecule has 1 aromatic rings. The summed E-state index contributed by atoms with van der Waals surface area (Å²) in [6.07, 6.45) is -3.98. The van der Waals surface area contributed by atoms with E-state index in [-0.39, 0.29) is 12.6 Å². The van der Waals surface area contributed by atoms with Crippen LogP contribution in [0.1, 0.15) is 18.9 Å². The third-order valence-corrected chi connectivity index (χ3v) is 3.53. The molecule has 1 heterocycles. The maximum atomic E-state index is 12.6. The Labute approximate surface area is 138 Å². The van der Waals surface area contributed by atoms with E-state index in [1.807, 2.05) is 6.92 Å². The number of hydrogen-bond donors (Lipinski definition) is 1. The maximum absolute atomic E-state index is 12.6. The molecule has 1 saturated heterocycles. The summed E-state index contributed by atoms with van der Waals surface area (Å²) in [5, 5.41) is 2.79. The van der Waals surface area contributed by atoms with Gasteiger partial charge in [-0.05, 0) is 30.7 Å². The minimum absolute atomic E-state index is 0.191. The van der Waals surface area contributed by atoms with Gasteiger partial charge in [0.1, 0.15) is 11.9 Å². The van der Waals surface area contributed by atoms with Gasteiger partial charge in [-0.3, -0.25) is 0 Å². The zero-order valence-electron chi connectivity index (χ0n) is 13.4. The summed E-state index contributed by atoms with van der Waals surface area (Å²) in [6, 6.07) is 4.30. The van der Waals surface area contributed by atoms with Gasteiger partial charge in [-0.1, -0.05) is 6.92 Å². The molecule has 5 nitrogen and oxygen atoms in total. The minimum Gasteiger partial charge on any atom is -0.486 e. The van der Waals surface area contributed by atoms with Crippen LogP contribution in [0, 0.1) is 0 Å². The zero-order chi connectivity index (χ0) is 17.6. The van der Waals surface area contributed by atoms with E-state index in [0.717, 1.165) is 18.6 Å². The molecular weight excluding hydrogens is 325 g/mol. The van der Waals surface area contributed by atoms with Crippen molar-refractivity contribution >= 4 is 6.03 Å². The standard InChI is InChI=1S/C16H21F3N2O3/c1-2-7-20-15(22)21-8-9-23-11-14(10-21)24-13-5-3-12(4-6-13)16(17,18)19/h3-6,14H,2,7-11H2,1H3,(H,20,22). The molecule has 0 bridgehead atoms. The molecule has 1 atom stereocenters. The average molecular weight is 346 g/mol. The Balaban J connectivity index is 1.96. The van der Waals surface area contributed by atoms with Gasteiger partial charge in [0.05, 0.1) is 25.3 Å². The van der Waals surface area contributed by atoms with Crippen molar-refractivity contribution in [3.05, 3.63) is 29.8 Å². The normalized spacial score (nSPS) is 18.8. The Morgan fingerprint density at radius 1 is 1.38 bits per heavy atom. The van der Waals surface area contributed by atoms with Crippen molar-refractivity contribution in [3.8, 4) is 5.75 Å². The number of amides is 2. The third-order valence-electron chi connectivity index (χ3n) is 3.53. The van der Waals surface area contributed by atoms with Gasteiger partial charge < -0.3 is 19.7 Å². The summed E-state index contributed by atoms with van der Waals surface area (Å²) in [5.74, 6) is 0.312. The van der Waals surface area contributed by atoms with Crippen molar-refractivity contribution < 1.29 is 27.4 Å². The highest BCUT2D eigenvalue weighted by Crippen LogP contribution is 2.30. The summed E-state index contributed by atoms with van der Waals surface area (Å²) in [6.45, 7) is 3.98. The number of hydrogen-bond acceptors (Lipinski definition) is 3. The van der Waals surface area contributed by atoms with Gasteiger partial charge in [-0.25, -0.2) is 4.79 Å². The van der Waals surface area contributed by atoms with E-state index in [4.69, 9.17) is 9.47 Å². The van der Waals surface area contributed by atoms with Gasteiger partial charge in [-0.2, -0.15) is 13.2 Å². The fourth-order valence-electron chi connectivity index (χ4n) is 2.29. The number of carbonyl (C=O) groups excluding carboxylic acids is 1. The van der Waals surface area contributed by atoms with Gasteiger partial charge in [0.2, 0.25) is 0 Å². The van der Waals surface area contributed by atoms with Crippen LogP contribution in [0.25, 0.3) is 0 Å². The number of nitrogens with one attached hydrogen (secondary N) is 1. The molecule has 0 saturated carbocycles. The number of nitrogens with zero attached hydrogens (tertiary/aromatic N) is 1. The second-order valence-electron chi connectivity index (χ2n) is 5.51. The van der Waals surface area contributed by atoms with Crippen LogP contribution in [0.15, 0.2) is 24.3 Å². The molecule has 0 radical (unpaired) electrons. The van der Waals surface area contributed by atoms with Crippen LogP contribution in [0.2, 0.25) is 0 Å². The van der Waals surface area contributed by atoms with Gasteiger partial charge in [-0.15, -0.1) is 0 Å². The summed E-state index contributed by atoms with van der Waals surface area (Å²) in [5.41, 5.74) is -0.729. The highest BCUT2D eigenvalue weighted by molar-refractivity contribution is 5.74. The Bertz CT molecular complexity index is 534. The average Bonchev–Trinajstić information content (AvgIpc) is 2.78. The molecule has 1 aliphatic rings. The van der Waals surface area contributed by atoms with E-state index in [9.17, 15) is 18.0 Å². The monoisotopic (exact) mass is 346 g/mol. The number of rotatable bonds is 4. The number of benzene rings is 1. The van der Waals surface area contributed by atoms with E-state index in [1.54, 1.807) is 4.90 Å².